The Bertz CT molecular complexity index is 1560. The monoisotopic (exact) mass is 492 g/mol. The zero-order valence-corrected chi connectivity index (χ0v) is 20.2. The maximum Gasteiger partial charge on any atom is 0.341 e. The minimum absolute atomic E-state index is 0.0359. The number of amides is 1. The molecule has 0 spiro atoms. The van der Waals surface area contributed by atoms with Crippen molar-refractivity contribution in [2.24, 2.45) is 4.99 Å². The largest absolute Gasteiger partial charge is 0.462 e. The van der Waals surface area contributed by atoms with Gasteiger partial charge in [-0.15, -0.1) is 11.3 Å². The molecule has 0 N–H and O–H groups in total. The molecule has 0 saturated carbocycles. The summed E-state index contributed by atoms with van der Waals surface area (Å²) >= 11 is 1.26. The number of carbonyl (C=O) groups is 2. The van der Waals surface area contributed by atoms with E-state index < -0.39 is 11.9 Å². The van der Waals surface area contributed by atoms with Crippen LogP contribution in [0, 0.1) is 6.92 Å². The third-order valence-electron chi connectivity index (χ3n) is 5.95. The highest BCUT2D eigenvalue weighted by Crippen LogP contribution is 2.18. The Balaban J connectivity index is 1.89. The predicted molar refractivity (Wildman–Crippen MR) is 131 cm³/mol. The molecule has 1 fully saturated rings. The molecule has 1 saturated heterocycles. The van der Waals surface area contributed by atoms with E-state index in [4.69, 9.17) is 14.5 Å². The number of ether oxygens (including phenoxy) is 2. The molecule has 10 heteroatoms. The molecule has 180 valence electrons. The molecule has 1 aliphatic heterocycles. The average molecular weight is 493 g/mol. The van der Waals surface area contributed by atoms with Crippen LogP contribution in [-0.4, -0.2) is 45.1 Å². The Morgan fingerprint density at radius 2 is 2.14 bits per heavy atom. The van der Waals surface area contributed by atoms with Gasteiger partial charge in [-0.05, 0) is 55.8 Å². The average Bonchev–Trinajstić information content (AvgIpc) is 3.56. The summed E-state index contributed by atoms with van der Waals surface area (Å²) in [5.74, 6) is -1.15. The van der Waals surface area contributed by atoms with Gasteiger partial charge in [-0.3, -0.25) is 14.0 Å². The molecule has 0 aliphatic carbocycles. The Labute approximate surface area is 204 Å². The van der Waals surface area contributed by atoms with Gasteiger partial charge >= 0.3 is 5.97 Å². The Morgan fingerprint density at radius 3 is 2.86 bits per heavy atom. The molecule has 1 unspecified atom stereocenters. The SMILES string of the molecule is CCOC(=O)c1cc2c(=O)n3cccc(C)c3nc2n(CC2CCCO2)c1=NC(=O)c1cccs1. The van der Waals surface area contributed by atoms with Gasteiger partial charge in [0.25, 0.3) is 11.5 Å². The van der Waals surface area contributed by atoms with Crippen LogP contribution in [0.25, 0.3) is 16.7 Å². The van der Waals surface area contributed by atoms with Crippen molar-refractivity contribution in [2.45, 2.75) is 39.3 Å². The molecule has 0 aromatic carbocycles. The van der Waals surface area contributed by atoms with Gasteiger partial charge in [0.1, 0.15) is 16.9 Å². The van der Waals surface area contributed by atoms with Gasteiger partial charge in [-0.25, -0.2) is 9.78 Å². The maximum absolute atomic E-state index is 13.5. The van der Waals surface area contributed by atoms with Crippen LogP contribution in [0.3, 0.4) is 0 Å². The van der Waals surface area contributed by atoms with Gasteiger partial charge in [-0.2, -0.15) is 4.99 Å². The summed E-state index contributed by atoms with van der Waals surface area (Å²) in [6, 6.07) is 8.51. The number of thiophene rings is 1. The second-order valence-electron chi connectivity index (χ2n) is 8.28. The summed E-state index contributed by atoms with van der Waals surface area (Å²) in [6.45, 7) is 4.61. The molecule has 0 radical (unpaired) electrons. The lowest BCUT2D eigenvalue weighted by Crippen LogP contribution is -2.35. The Morgan fingerprint density at radius 1 is 1.29 bits per heavy atom. The lowest BCUT2D eigenvalue weighted by molar-refractivity contribution is 0.0521. The van der Waals surface area contributed by atoms with Crippen LogP contribution in [0.2, 0.25) is 0 Å². The molecule has 35 heavy (non-hydrogen) atoms. The number of rotatable bonds is 5. The highest BCUT2D eigenvalue weighted by Gasteiger charge is 2.24. The highest BCUT2D eigenvalue weighted by atomic mass is 32.1. The first-order valence-electron chi connectivity index (χ1n) is 11.4. The number of hydrogen-bond acceptors (Lipinski definition) is 7. The third kappa shape index (κ3) is 4.30. The predicted octanol–water partition coefficient (Wildman–Crippen LogP) is 3.12. The van der Waals surface area contributed by atoms with E-state index in [1.165, 1.54) is 21.8 Å². The normalized spacial score (nSPS) is 16.3. The molecule has 0 bridgehead atoms. The summed E-state index contributed by atoms with van der Waals surface area (Å²) in [7, 11) is 0. The van der Waals surface area contributed by atoms with E-state index in [0.29, 0.717) is 22.8 Å². The third-order valence-corrected chi connectivity index (χ3v) is 6.81. The van der Waals surface area contributed by atoms with Crippen LogP contribution < -0.4 is 11.0 Å². The number of pyridine rings is 2. The van der Waals surface area contributed by atoms with Crippen molar-refractivity contribution in [3.05, 3.63) is 73.8 Å². The first kappa shape index (κ1) is 23.1. The molecule has 9 nitrogen and oxygen atoms in total. The van der Waals surface area contributed by atoms with Crippen molar-refractivity contribution in [1.82, 2.24) is 14.0 Å². The van der Waals surface area contributed by atoms with Gasteiger partial charge in [-0.1, -0.05) is 12.1 Å². The molecular formula is C25H24N4O5S. The maximum atomic E-state index is 13.5. The molecule has 4 aromatic rings. The van der Waals surface area contributed by atoms with Gasteiger partial charge in [0.2, 0.25) is 0 Å². The van der Waals surface area contributed by atoms with Gasteiger partial charge in [0.05, 0.1) is 29.5 Å². The van der Waals surface area contributed by atoms with Crippen molar-refractivity contribution in [3.8, 4) is 0 Å². The zero-order valence-electron chi connectivity index (χ0n) is 19.4. The lowest BCUT2D eigenvalue weighted by Gasteiger charge is -2.18. The molecule has 4 aromatic heterocycles. The zero-order chi connectivity index (χ0) is 24.5. The van der Waals surface area contributed by atoms with Crippen LogP contribution in [-0.2, 0) is 16.0 Å². The fourth-order valence-electron chi connectivity index (χ4n) is 4.28. The number of carbonyl (C=O) groups excluding carboxylic acids is 2. The number of aryl methyl sites for hydroxylation is 1. The van der Waals surface area contributed by atoms with Gasteiger partial charge < -0.3 is 14.0 Å². The summed E-state index contributed by atoms with van der Waals surface area (Å²) < 4.78 is 14.3. The second-order valence-corrected chi connectivity index (χ2v) is 9.23. The van der Waals surface area contributed by atoms with E-state index in [0.717, 1.165) is 18.4 Å². The highest BCUT2D eigenvalue weighted by molar-refractivity contribution is 7.12. The smallest absolute Gasteiger partial charge is 0.341 e. The van der Waals surface area contributed by atoms with Crippen molar-refractivity contribution in [1.29, 1.82) is 0 Å². The quantitative estimate of drug-likeness (QED) is 0.313. The molecule has 1 aliphatic rings. The van der Waals surface area contributed by atoms with E-state index in [-0.39, 0.29) is 41.3 Å². The van der Waals surface area contributed by atoms with E-state index in [2.05, 4.69) is 4.99 Å². The number of nitrogens with zero attached hydrogens (tertiary/aromatic N) is 4. The number of aromatic nitrogens is 3. The van der Waals surface area contributed by atoms with Crippen molar-refractivity contribution < 1.29 is 19.1 Å². The minimum atomic E-state index is -0.665. The van der Waals surface area contributed by atoms with Crippen LogP contribution in [0.5, 0.6) is 0 Å². The summed E-state index contributed by atoms with van der Waals surface area (Å²) in [5.41, 5.74) is 1.47. The van der Waals surface area contributed by atoms with Crippen LogP contribution in [0.4, 0.5) is 0 Å². The second kappa shape index (κ2) is 9.55. The molecule has 1 atom stereocenters. The van der Waals surface area contributed by atoms with Crippen molar-refractivity contribution in [2.75, 3.05) is 13.2 Å². The molecule has 5 rings (SSSR count). The van der Waals surface area contributed by atoms with E-state index in [9.17, 15) is 14.4 Å². The van der Waals surface area contributed by atoms with Crippen LogP contribution in [0.1, 0.15) is 45.4 Å². The van der Waals surface area contributed by atoms with Crippen LogP contribution in [0.15, 0.2) is 51.7 Å². The number of fused-ring (bicyclic) bond motifs is 2. The minimum Gasteiger partial charge on any atom is -0.462 e. The van der Waals surface area contributed by atoms with Crippen molar-refractivity contribution >= 4 is 39.9 Å². The van der Waals surface area contributed by atoms with E-state index in [1.54, 1.807) is 41.3 Å². The Kier molecular flexibility index (Phi) is 6.31. The van der Waals surface area contributed by atoms with Gasteiger partial charge in [0, 0.05) is 12.8 Å². The van der Waals surface area contributed by atoms with Gasteiger partial charge in [0.15, 0.2) is 5.49 Å². The van der Waals surface area contributed by atoms with E-state index >= 15 is 0 Å². The number of esters is 1. The fourth-order valence-corrected chi connectivity index (χ4v) is 4.89. The molecular weight excluding hydrogens is 468 g/mol. The first-order chi connectivity index (χ1) is 17.0. The molecule has 1 amide bonds. The molecule has 5 heterocycles. The fraction of sp³-hybridized carbons (Fsp3) is 0.320. The lowest BCUT2D eigenvalue weighted by atomic mass is 10.1. The van der Waals surface area contributed by atoms with Crippen molar-refractivity contribution in [3.63, 3.8) is 0 Å². The first-order valence-corrected chi connectivity index (χ1v) is 12.3. The number of hydrogen-bond donors (Lipinski definition) is 0. The topological polar surface area (TPSA) is 104 Å². The summed E-state index contributed by atoms with van der Waals surface area (Å²) in [6.07, 6.45) is 3.19. The summed E-state index contributed by atoms with van der Waals surface area (Å²) in [5, 5.41) is 2.02. The Hall–Kier alpha value is -3.63. The van der Waals surface area contributed by atoms with Crippen LogP contribution >= 0.6 is 11.3 Å². The summed E-state index contributed by atoms with van der Waals surface area (Å²) in [4.78, 5) is 49.2. The standard InChI is InChI=1S/C25H24N4O5S/c1-3-33-25(32)18-13-17-21(26-20-15(2)7-4-10-28(20)24(17)31)29(14-16-8-5-11-34-16)22(18)27-23(30)19-9-6-12-35-19/h4,6-7,9-10,12-13,16H,3,5,8,11,14H2,1-2H3. The van der Waals surface area contributed by atoms with E-state index in [1.807, 2.05) is 13.0 Å².